The Labute approximate surface area is 107 Å². The van der Waals surface area contributed by atoms with Crippen LogP contribution in [0.15, 0.2) is 12.1 Å². The average molecular weight is 258 g/mol. The summed E-state index contributed by atoms with van der Waals surface area (Å²) in [6, 6.07) is 3.12. The van der Waals surface area contributed by atoms with Crippen molar-refractivity contribution < 1.29 is 10.0 Å². The summed E-state index contributed by atoms with van der Waals surface area (Å²) in [6.45, 7) is 6.10. The minimum absolute atomic E-state index is 0.0465. The molecule has 0 aliphatic heterocycles. The molecule has 1 radical (unpaired) electrons. The quantitative estimate of drug-likeness (QED) is 0.783. The van der Waals surface area contributed by atoms with Crippen LogP contribution in [-0.4, -0.2) is 24.4 Å². The minimum Gasteiger partial charge on any atom is -0.423 e. The Bertz CT molecular complexity index is 389. The molecular weight excluding hydrogens is 245 g/mol. The lowest BCUT2D eigenvalue weighted by Gasteiger charge is -2.18. The molecule has 85 valence electrons. The van der Waals surface area contributed by atoms with Crippen LogP contribution in [-0.2, 0) is 0 Å². The molecule has 0 aliphatic carbocycles. The highest BCUT2D eigenvalue weighted by atomic mass is 35.5. The Kier molecular flexibility index (Phi) is 4.35. The van der Waals surface area contributed by atoms with E-state index in [2.05, 4.69) is 0 Å². The van der Waals surface area contributed by atoms with Gasteiger partial charge in [0, 0.05) is 15.5 Å². The summed E-state index contributed by atoms with van der Waals surface area (Å²) >= 11 is 11.9. The largest absolute Gasteiger partial charge is 0.489 e. The molecule has 0 saturated carbocycles. The molecule has 1 rings (SSSR count). The maximum Gasteiger partial charge on any atom is 0.489 e. The van der Waals surface area contributed by atoms with E-state index < -0.39 is 7.12 Å². The predicted molar refractivity (Wildman–Crippen MR) is 71.4 cm³/mol. The van der Waals surface area contributed by atoms with Crippen molar-refractivity contribution >= 4 is 48.5 Å². The number of halogens is 2. The van der Waals surface area contributed by atoms with Crippen LogP contribution >= 0.6 is 23.2 Å². The van der Waals surface area contributed by atoms with Crippen LogP contribution in [0.1, 0.15) is 20.8 Å². The van der Waals surface area contributed by atoms with E-state index in [4.69, 9.17) is 33.2 Å². The second kappa shape index (κ2) is 5.01. The third-order valence-electron chi connectivity index (χ3n) is 1.98. The molecule has 0 aromatic heterocycles. The Morgan fingerprint density at radius 1 is 1.12 bits per heavy atom. The van der Waals surface area contributed by atoms with E-state index in [1.807, 2.05) is 28.1 Å². The molecule has 0 spiro atoms. The third-order valence-corrected chi connectivity index (χ3v) is 2.64. The second-order valence-electron chi connectivity index (χ2n) is 4.78. The van der Waals surface area contributed by atoms with Crippen LogP contribution in [0.25, 0.3) is 0 Å². The van der Waals surface area contributed by atoms with Crippen molar-refractivity contribution in [2.45, 2.75) is 26.1 Å². The summed E-state index contributed by atoms with van der Waals surface area (Å²) in [4.78, 5) is 0. The van der Waals surface area contributed by atoms with E-state index in [-0.39, 0.29) is 15.8 Å². The molecule has 16 heavy (non-hydrogen) atoms. The summed E-state index contributed by atoms with van der Waals surface area (Å²) in [5, 5.41) is 19.0. The van der Waals surface area contributed by atoms with Gasteiger partial charge in [-0.2, -0.15) is 0 Å². The van der Waals surface area contributed by atoms with E-state index in [0.717, 1.165) is 5.46 Å². The molecule has 1 aromatic rings. The van der Waals surface area contributed by atoms with E-state index in [9.17, 15) is 0 Å². The van der Waals surface area contributed by atoms with Crippen molar-refractivity contribution in [3.63, 3.8) is 0 Å². The number of hydrogen-bond acceptors (Lipinski definition) is 2. The van der Waals surface area contributed by atoms with E-state index in [0.29, 0.717) is 5.02 Å². The van der Waals surface area contributed by atoms with Gasteiger partial charge in [0.15, 0.2) is 7.28 Å². The monoisotopic (exact) mass is 257 g/mol. The standard InChI is InChI=1S/C10H13B2Cl2O2/c1-10(2,3)11-6-4-7(12(15)16)9(14)5-8(6)13/h4-5,15-16H,1-3H3. The molecule has 2 N–H and O–H groups in total. The Balaban J connectivity index is 3.15. The van der Waals surface area contributed by atoms with Crippen molar-refractivity contribution in [2.24, 2.45) is 0 Å². The fourth-order valence-electron chi connectivity index (χ4n) is 1.36. The molecular formula is C10H13B2Cl2O2. The SMILES string of the molecule is CC(C)(C)[B]c1cc(B(O)O)c(Cl)cc1Cl. The molecule has 0 bridgehead atoms. The first kappa shape index (κ1) is 13.9. The fraction of sp³-hybridized carbons (Fsp3) is 0.400. The topological polar surface area (TPSA) is 40.5 Å². The van der Waals surface area contributed by atoms with Gasteiger partial charge in [-0.15, -0.1) is 0 Å². The fourth-order valence-corrected chi connectivity index (χ4v) is 1.89. The molecule has 0 fully saturated rings. The Morgan fingerprint density at radius 3 is 2.12 bits per heavy atom. The van der Waals surface area contributed by atoms with Crippen molar-refractivity contribution in [3.8, 4) is 0 Å². The van der Waals surface area contributed by atoms with Crippen LogP contribution in [0, 0.1) is 0 Å². The van der Waals surface area contributed by atoms with Crippen LogP contribution in [0.5, 0.6) is 0 Å². The molecule has 1 aromatic carbocycles. The van der Waals surface area contributed by atoms with Crippen LogP contribution < -0.4 is 10.9 Å². The summed E-state index contributed by atoms with van der Waals surface area (Å²) in [6.07, 6.45) is 0. The molecule has 0 amide bonds. The van der Waals surface area contributed by atoms with Gasteiger partial charge in [-0.05, 0) is 6.07 Å². The zero-order valence-electron chi connectivity index (χ0n) is 9.46. The number of benzene rings is 1. The highest BCUT2D eigenvalue weighted by Gasteiger charge is 2.21. The third kappa shape index (κ3) is 3.70. The summed E-state index contributed by atoms with van der Waals surface area (Å²) < 4.78 is 0. The lowest BCUT2D eigenvalue weighted by Crippen LogP contribution is -2.36. The first-order valence-corrected chi connectivity index (χ1v) is 5.67. The van der Waals surface area contributed by atoms with Crippen molar-refractivity contribution in [1.82, 2.24) is 0 Å². The summed E-state index contributed by atoms with van der Waals surface area (Å²) in [5.41, 5.74) is 1.02. The van der Waals surface area contributed by atoms with Crippen molar-refractivity contribution in [1.29, 1.82) is 0 Å². The molecule has 0 aliphatic rings. The minimum atomic E-state index is -1.59. The van der Waals surface area contributed by atoms with Gasteiger partial charge in [0.25, 0.3) is 0 Å². The maximum atomic E-state index is 9.13. The number of hydrogen-bond donors (Lipinski definition) is 2. The van der Waals surface area contributed by atoms with Crippen molar-refractivity contribution in [3.05, 3.63) is 22.2 Å². The molecule has 0 unspecified atom stereocenters. The first-order valence-electron chi connectivity index (χ1n) is 4.92. The lowest BCUT2D eigenvalue weighted by atomic mass is 9.51. The average Bonchev–Trinajstić information content (AvgIpc) is 2.07. The van der Waals surface area contributed by atoms with Crippen LogP contribution in [0.2, 0.25) is 15.4 Å². The molecule has 6 heteroatoms. The highest BCUT2D eigenvalue weighted by molar-refractivity contribution is 6.66. The maximum absolute atomic E-state index is 9.13. The molecule has 0 saturated heterocycles. The van der Waals surface area contributed by atoms with E-state index in [1.54, 1.807) is 6.07 Å². The Hall–Kier alpha value is -0.150. The van der Waals surface area contributed by atoms with Gasteiger partial charge in [0.1, 0.15) is 0 Å². The van der Waals surface area contributed by atoms with Crippen molar-refractivity contribution in [2.75, 3.05) is 0 Å². The van der Waals surface area contributed by atoms with Gasteiger partial charge in [0.05, 0.1) is 0 Å². The van der Waals surface area contributed by atoms with Gasteiger partial charge in [0.2, 0.25) is 0 Å². The smallest absolute Gasteiger partial charge is 0.423 e. The van der Waals surface area contributed by atoms with Gasteiger partial charge >= 0.3 is 7.12 Å². The summed E-state index contributed by atoms with van der Waals surface area (Å²) in [7, 11) is 0.370. The van der Waals surface area contributed by atoms with Gasteiger partial charge in [-0.25, -0.2) is 0 Å². The molecule has 2 nitrogen and oxygen atoms in total. The van der Waals surface area contributed by atoms with E-state index >= 15 is 0 Å². The molecule has 0 heterocycles. The highest BCUT2D eigenvalue weighted by Crippen LogP contribution is 2.22. The summed E-state index contributed by atoms with van der Waals surface area (Å²) in [5.74, 6) is 0. The predicted octanol–water partition coefficient (Wildman–Crippen LogP) is 1.22. The van der Waals surface area contributed by atoms with Gasteiger partial charge in [-0.3, -0.25) is 0 Å². The first-order chi connectivity index (χ1) is 7.20. The second-order valence-corrected chi connectivity index (χ2v) is 5.59. The normalized spacial score (nSPS) is 11.4. The molecule has 0 atom stereocenters. The Morgan fingerprint density at radius 2 is 1.69 bits per heavy atom. The number of rotatable bonds is 2. The lowest BCUT2D eigenvalue weighted by molar-refractivity contribution is 0.426. The zero-order valence-corrected chi connectivity index (χ0v) is 11.0. The van der Waals surface area contributed by atoms with Gasteiger partial charge in [-0.1, -0.05) is 60.8 Å². The van der Waals surface area contributed by atoms with Crippen LogP contribution in [0.4, 0.5) is 0 Å². The zero-order chi connectivity index (χ0) is 12.5. The van der Waals surface area contributed by atoms with Gasteiger partial charge < -0.3 is 10.0 Å². The van der Waals surface area contributed by atoms with E-state index in [1.165, 1.54) is 6.07 Å². The van der Waals surface area contributed by atoms with Crippen LogP contribution in [0.3, 0.4) is 0 Å².